The highest BCUT2D eigenvalue weighted by Gasteiger charge is 2.31. The number of aliphatic hydroxyl groups is 1. The van der Waals surface area contributed by atoms with Crippen molar-refractivity contribution in [2.45, 2.75) is 6.10 Å². The summed E-state index contributed by atoms with van der Waals surface area (Å²) in [6, 6.07) is 2.79. The van der Waals surface area contributed by atoms with E-state index in [-0.39, 0.29) is 24.3 Å². The Labute approximate surface area is 95.4 Å². The average Bonchev–Trinajstić information content (AvgIpc) is 2.24. The summed E-state index contributed by atoms with van der Waals surface area (Å²) >= 11 is 0. The lowest BCUT2D eigenvalue weighted by Crippen LogP contribution is -2.53. The molecule has 1 N–H and O–H groups in total. The van der Waals surface area contributed by atoms with Crippen LogP contribution in [-0.2, 0) is 0 Å². The molecule has 1 saturated heterocycles. The number of halogens is 1. The molecule has 90 valence electrons. The molecule has 1 aromatic rings. The summed E-state index contributed by atoms with van der Waals surface area (Å²) in [4.78, 5) is 22.8. The van der Waals surface area contributed by atoms with E-state index in [2.05, 4.69) is 0 Å². The van der Waals surface area contributed by atoms with Crippen molar-refractivity contribution < 1.29 is 19.2 Å². The molecule has 0 spiro atoms. The van der Waals surface area contributed by atoms with Gasteiger partial charge in [0.2, 0.25) is 0 Å². The molecule has 1 aliphatic heterocycles. The summed E-state index contributed by atoms with van der Waals surface area (Å²) < 4.78 is 13.4. The number of nitrogens with zero attached hydrogens (tertiary/aromatic N) is 2. The lowest BCUT2D eigenvalue weighted by atomic mass is 10.1. The Balaban J connectivity index is 2.27. The number of β-amino-alcohol motifs (C(OH)–C–C–N with tert-alkyl or cyclic N) is 1. The average molecular weight is 240 g/mol. The predicted molar refractivity (Wildman–Crippen MR) is 55.0 cm³/mol. The largest absolute Gasteiger partial charge is 0.389 e. The van der Waals surface area contributed by atoms with Gasteiger partial charge in [0.05, 0.1) is 16.6 Å². The van der Waals surface area contributed by atoms with Gasteiger partial charge in [-0.2, -0.15) is 0 Å². The number of non-ortho nitro benzene ring substituents is 1. The van der Waals surface area contributed by atoms with Gasteiger partial charge in [-0.15, -0.1) is 0 Å². The number of amides is 1. The molecule has 2 rings (SSSR count). The summed E-state index contributed by atoms with van der Waals surface area (Å²) in [7, 11) is 0. The molecule has 1 aromatic carbocycles. The Morgan fingerprint density at radius 2 is 2.18 bits per heavy atom. The normalized spacial score (nSPS) is 15.5. The third kappa shape index (κ3) is 2.09. The minimum atomic E-state index is -0.804. The van der Waals surface area contributed by atoms with Crippen molar-refractivity contribution in [2.75, 3.05) is 13.1 Å². The van der Waals surface area contributed by atoms with Crippen molar-refractivity contribution in [3.8, 4) is 0 Å². The van der Waals surface area contributed by atoms with Crippen molar-refractivity contribution >= 4 is 11.6 Å². The highest BCUT2D eigenvalue weighted by atomic mass is 19.1. The molecule has 1 amide bonds. The van der Waals surface area contributed by atoms with Crippen LogP contribution in [0.4, 0.5) is 10.1 Å². The maximum Gasteiger partial charge on any atom is 0.270 e. The maximum absolute atomic E-state index is 13.4. The Bertz CT molecular complexity index is 485. The number of benzene rings is 1. The Kier molecular flexibility index (Phi) is 2.76. The standard InChI is InChI=1S/C10H9FN2O4/c11-9-2-1-6(13(16)17)3-8(9)10(15)12-4-7(14)5-12/h1-3,7,14H,4-5H2. The smallest absolute Gasteiger partial charge is 0.270 e. The molecule has 0 aliphatic carbocycles. The van der Waals surface area contributed by atoms with E-state index >= 15 is 0 Å². The van der Waals surface area contributed by atoms with E-state index < -0.39 is 22.8 Å². The molecule has 7 heteroatoms. The number of hydrogen-bond acceptors (Lipinski definition) is 4. The van der Waals surface area contributed by atoms with Gasteiger partial charge >= 0.3 is 0 Å². The van der Waals surface area contributed by atoms with Crippen LogP contribution in [-0.4, -0.2) is 40.0 Å². The molecule has 0 aromatic heterocycles. The minimum absolute atomic E-state index is 0.126. The molecule has 0 atom stereocenters. The fraction of sp³-hybridized carbons (Fsp3) is 0.300. The fourth-order valence-electron chi connectivity index (χ4n) is 1.58. The number of nitro benzene ring substituents is 1. The third-order valence-corrected chi connectivity index (χ3v) is 2.54. The van der Waals surface area contributed by atoms with Crippen LogP contribution < -0.4 is 0 Å². The first kappa shape index (κ1) is 11.5. The van der Waals surface area contributed by atoms with Gasteiger partial charge < -0.3 is 10.0 Å². The molecular weight excluding hydrogens is 231 g/mol. The summed E-state index contributed by atoms with van der Waals surface area (Å²) in [6.07, 6.45) is -0.597. The molecule has 0 bridgehead atoms. The van der Waals surface area contributed by atoms with Crippen LogP contribution in [0.2, 0.25) is 0 Å². The number of nitro groups is 1. The number of carbonyl (C=O) groups is 1. The van der Waals surface area contributed by atoms with Crippen molar-refractivity contribution in [1.82, 2.24) is 4.90 Å². The fourth-order valence-corrected chi connectivity index (χ4v) is 1.58. The summed E-state index contributed by atoms with van der Waals surface area (Å²) in [5.41, 5.74) is -0.679. The first-order chi connectivity index (χ1) is 7.99. The van der Waals surface area contributed by atoms with Crippen LogP contribution in [0.5, 0.6) is 0 Å². The monoisotopic (exact) mass is 240 g/mol. The Morgan fingerprint density at radius 1 is 1.53 bits per heavy atom. The summed E-state index contributed by atoms with van der Waals surface area (Å²) in [5.74, 6) is -1.45. The quantitative estimate of drug-likeness (QED) is 0.604. The summed E-state index contributed by atoms with van der Waals surface area (Å²) in [5, 5.41) is 19.5. The van der Waals surface area contributed by atoms with E-state index in [0.29, 0.717) is 0 Å². The van der Waals surface area contributed by atoms with E-state index in [4.69, 9.17) is 5.11 Å². The first-order valence-corrected chi connectivity index (χ1v) is 4.90. The molecule has 6 nitrogen and oxygen atoms in total. The van der Waals surface area contributed by atoms with E-state index in [1.54, 1.807) is 0 Å². The van der Waals surface area contributed by atoms with E-state index in [1.807, 2.05) is 0 Å². The second-order valence-electron chi connectivity index (χ2n) is 3.79. The molecule has 1 heterocycles. The van der Waals surface area contributed by atoms with Crippen molar-refractivity contribution in [3.63, 3.8) is 0 Å². The highest BCUT2D eigenvalue weighted by molar-refractivity contribution is 5.95. The van der Waals surface area contributed by atoms with E-state index in [0.717, 1.165) is 18.2 Å². The van der Waals surface area contributed by atoms with Crippen LogP contribution >= 0.6 is 0 Å². The van der Waals surface area contributed by atoms with Gasteiger partial charge in [0.15, 0.2) is 0 Å². The number of aliphatic hydroxyl groups excluding tert-OH is 1. The Hall–Kier alpha value is -2.02. The number of rotatable bonds is 2. The van der Waals surface area contributed by atoms with Gasteiger partial charge in [0.1, 0.15) is 5.82 Å². The topological polar surface area (TPSA) is 83.7 Å². The van der Waals surface area contributed by atoms with Gasteiger partial charge in [-0.1, -0.05) is 0 Å². The lowest BCUT2D eigenvalue weighted by Gasteiger charge is -2.35. The third-order valence-electron chi connectivity index (χ3n) is 2.54. The molecule has 1 aliphatic rings. The van der Waals surface area contributed by atoms with Crippen LogP contribution in [0.1, 0.15) is 10.4 Å². The van der Waals surface area contributed by atoms with Gasteiger partial charge in [-0.25, -0.2) is 4.39 Å². The molecule has 1 fully saturated rings. The van der Waals surface area contributed by atoms with Crippen molar-refractivity contribution in [3.05, 3.63) is 39.7 Å². The Morgan fingerprint density at radius 3 is 2.71 bits per heavy atom. The van der Waals surface area contributed by atoms with Gasteiger partial charge in [-0.05, 0) is 6.07 Å². The molecule has 0 unspecified atom stereocenters. The molecular formula is C10H9FN2O4. The van der Waals surface area contributed by atoms with Crippen molar-refractivity contribution in [1.29, 1.82) is 0 Å². The first-order valence-electron chi connectivity index (χ1n) is 4.90. The van der Waals surface area contributed by atoms with Gasteiger partial charge in [0.25, 0.3) is 11.6 Å². The number of likely N-dealkylation sites (tertiary alicyclic amines) is 1. The highest BCUT2D eigenvalue weighted by Crippen LogP contribution is 2.20. The molecule has 0 radical (unpaired) electrons. The second-order valence-corrected chi connectivity index (χ2v) is 3.79. The van der Waals surface area contributed by atoms with Crippen LogP contribution in [0.15, 0.2) is 18.2 Å². The van der Waals surface area contributed by atoms with E-state index in [9.17, 15) is 19.3 Å². The van der Waals surface area contributed by atoms with Gasteiger partial charge in [-0.3, -0.25) is 14.9 Å². The number of carbonyl (C=O) groups excluding carboxylic acids is 1. The van der Waals surface area contributed by atoms with Crippen LogP contribution in [0, 0.1) is 15.9 Å². The second kappa shape index (κ2) is 4.10. The maximum atomic E-state index is 13.4. The van der Waals surface area contributed by atoms with E-state index in [1.165, 1.54) is 4.90 Å². The zero-order valence-corrected chi connectivity index (χ0v) is 8.67. The predicted octanol–water partition coefficient (Wildman–Crippen LogP) is 0.551. The van der Waals surface area contributed by atoms with Crippen LogP contribution in [0.3, 0.4) is 0 Å². The van der Waals surface area contributed by atoms with Gasteiger partial charge in [0, 0.05) is 25.2 Å². The number of hydrogen-bond donors (Lipinski definition) is 1. The SMILES string of the molecule is O=C(c1cc([N+](=O)[O-])ccc1F)N1CC(O)C1. The summed E-state index contributed by atoms with van der Waals surface area (Å²) in [6.45, 7) is 0.252. The molecule has 0 saturated carbocycles. The minimum Gasteiger partial charge on any atom is -0.389 e. The molecule has 17 heavy (non-hydrogen) atoms. The zero-order valence-electron chi connectivity index (χ0n) is 8.67. The van der Waals surface area contributed by atoms with Crippen LogP contribution in [0.25, 0.3) is 0 Å². The zero-order chi connectivity index (χ0) is 12.6. The lowest BCUT2D eigenvalue weighted by molar-refractivity contribution is -0.384. The van der Waals surface area contributed by atoms with Crippen molar-refractivity contribution in [2.24, 2.45) is 0 Å².